The minimum atomic E-state index is -0.103. The fraction of sp³-hybridized carbons (Fsp3) is 0.333. The quantitative estimate of drug-likeness (QED) is 0.480. The Hall–Kier alpha value is -3.22. The number of hydrogen-bond donors (Lipinski definition) is 3. The number of carbonyl (C=O) groups excluding carboxylic acids is 2. The number of hydrogen-bond acceptors (Lipinski definition) is 5. The maximum Gasteiger partial charge on any atom is 0.251 e. The van der Waals surface area contributed by atoms with Gasteiger partial charge in [0, 0.05) is 18.5 Å². The zero-order chi connectivity index (χ0) is 19.9. The minimum absolute atomic E-state index is 0.0731. The van der Waals surface area contributed by atoms with Gasteiger partial charge < -0.3 is 25.8 Å². The van der Waals surface area contributed by atoms with Crippen LogP contribution in [0.2, 0.25) is 0 Å². The van der Waals surface area contributed by atoms with Gasteiger partial charge in [-0.25, -0.2) is 0 Å². The summed E-state index contributed by atoms with van der Waals surface area (Å²) in [6, 6.07) is 10.9. The Morgan fingerprint density at radius 2 is 1.82 bits per heavy atom. The van der Waals surface area contributed by atoms with Crippen molar-refractivity contribution in [3.05, 3.63) is 47.5 Å². The highest BCUT2D eigenvalue weighted by Gasteiger charge is 2.19. The van der Waals surface area contributed by atoms with Gasteiger partial charge in [-0.3, -0.25) is 9.59 Å². The molecule has 148 valence electrons. The molecule has 28 heavy (non-hydrogen) atoms. The van der Waals surface area contributed by atoms with Crippen molar-refractivity contribution in [3.8, 4) is 11.5 Å². The zero-order valence-electron chi connectivity index (χ0n) is 15.9. The normalized spacial score (nSPS) is 11.9. The summed E-state index contributed by atoms with van der Waals surface area (Å²) in [5.74, 6) is 0.885. The number of ether oxygens (including phenoxy) is 2. The first-order valence-corrected chi connectivity index (χ1v) is 9.37. The number of rotatable bonds is 8. The highest BCUT2D eigenvalue weighted by atomic mass is 16.7. The van der Waals surface area contributed by atoms with Crippen molar-refractivity contribution >= 4 is 23.2 Å². The van der Waals surface area contributed by atoms with E-state index in [1.165, 1.54) is 0 Å². The van der Waals surface area contributed by atoms with E-state index in [-0.39, 0.29) is 18.6 Å². The van der Waals surface area contributed by atoms with E-state index in [0.29, 0.717) is 41.4 Å². The lowest BCUT2D eigenvalue weighted by Gasteiger charge is -2.10. The molecule has 0 saturated carbocycles. The van der Waals surface area contributed by atoms with Crippen LogP contribution in [-0.4, -0.2) is 25.2 Å². The molecular weight excluding hydrogens is 358 g/mol. The van der Waals surface area contributed by atoms with Crippen molar-refractivity contribution in [1.82, 2.24) is 5.32 Å². The summed E-state index contributed by atoms with van der Waals surface area (Å²) in [4.78, 5) is 24.1. The fourth-order valence-electron chi connectivity index (χ4n) is 2.91. The van der Waals surface area contributed by atoms with E-state index in [4.69, 9.17) is 15.2 Å². The number of carbonyl (C=O) groups is 2. The van der Waals surface area contributed by atoms with Crippen LogP contribution >= 0.6 is 0 Å². The van der Waals surface area contributed by atoms with Gasteiger partial charge in [0.15, 0.2) is 11.5 Å². The van der Waals surface area contributed by atoms with Crippen LogP contribution in [0.4, 0.5) is 11.4 Å². The van der Waals surface area contributed by atoms with E-state index < -0.39 is 0 Å². The maximum absolute atomic E-state index is 12.1. The molecule has 2 aromatic rings. The average molecular weight is 383 g/mol. The van der Waals surface area contributed by atoms with Crippen molar-refractivity contribution in [2.75, 3.05) is 24.4 Å². The molecule has 4 N–H and O–H groups in total. The van der Waals surface area contributed by atoms with Crippen molar-refractivity contribution in [2.24, 2.45) is 0 Å². The average Bonchev–Trinajstić information content (AvgIpc) is 3.17. The van der Waals surface area contributed by atoms with Gasteiger partial charge in [-0.2, -0.15) is 0 Å². The number of fused-ring (bicyclic) bond motifs is 1. The van der Waals surface area contributed by atoms with Crippen LogP contribution in [-0.2, 0) is 4.79 Å². The van der Waals surface area contributed by atoms with E-state index in [0.717, 1.165) is 24.8 Å². The Bertz CT molecular complexity index is 849. The van der Waals surface area contributed by atoms with Gasteiger partial charge >= 0.3 is 0 Å². The third-order valence-corrected chi connectivity index (χ3v) is 4.53. The lowest BCUT2D eigenvalue weighted by Crippen LogP contribution is -2.24. The second-order valence-electron chi connectivity index (χ2n) is 6.74. The molecule has 0 fully saturated rings. The first-order valence-electron chi connectivity index (χ1n) is 9.37. The summed E-state index contributed by atoms with van der Waals surface area (Å²) >= 11 is 0. The predicted molar refractivity (Wildman–Crippen MR) is 108 cm³/mol. The van der Waals surface area contributed by atoms with E-state index in [2.05, 4.69) is 10.6 Å². The standard InChI is InChI=1S/C21H25N3O4/c1-14-6-8-15(9-7-14)21(26)23-12-4-2-3-5-18(25)24-16-10-11-17-20(19(16)22)28-13-27-17/h6-11H,2-5,12-13,22H2,1H3,(H,23,26)(H,24,25). The summed E-state index contributed by atoms with van der Waals surface area (Å²) in [5.41, 5.74) is 8.69. The van der Waals surface area contributed by atoms with Gasteiger partial charge in [0.1, 0.15) is 5.69 Å². The van der Waals surface area contributed by atoms with E-state index in [9.17, 15) is 9.59 Å². The van der Waals surface area contributed by atoms with Crippen LogP contribution in [0, 0.1) is 6.92 Å². The molecule has 2 aromatic carbocycles. The molecule has 0 aliphatic carbocycles. The molecule has 0 saturated heterocycles. The lowest BCUT2D eigenvalue weighted by atomic mass is 10.1. The molecule has 2 amide bonds. The molecule has 0 atom stereocenters. The molecule has 0 aromatic heterocycles. The van der Waals surface area contributed by atoms with Crippen LogP contribution in [0.1, 0.15) is 41.6 Å². The third kappa shape index (κ3) is 4.94. The largest absolute Gasteiger partial charge is 0.454 e. The molecule has 0 spiro atoms. The molecule has 7 heteroatoms. The topological polar surface area (TPSA) is 103 Å². The maximum atomic E-state index is 12.1. The van der Waals surface area contributed by atoms with Crippen LogP contribution in [0.15, 0.2) is 36.4 Å². The van der Waals surface area contributed by atoms with Gasteiger partial charge in [-0.15, -0.1) is 0 Å². The lowest BCUT2D eigenvalue weighted by molar-refractivity contribution is -0.116. The third-order valence-electron chi connectivity index (χ3n) is 4.53. The van der Waals surface area contributed by atoms with Gasteiger partial charge in [-0.1, -0.05) is 24.1 Å². The van der Waals surface area contributed by atoms with Crippen LogP contribution in [0.5, 0.6) is 11.5 Å². The molecule has 1 aliphatic rings. The summed E-state index contributed by atoms with van der Waals surface area (Å²) < 4.78 is 10.5. The monoisotopic (exact) mass is 383 g/mol. The predicted octanol–water partition coefficient (Wildman–Crippen LogP) is 3.23. The summed E-state index contributed by atoms with van der Waals surface area (Å²) in [6.07, 6.45) is 2.78. The van der Waals surface area contributed by atoms with Crippen LogP contribution in [0.3, 0.4) is 0 Å². The van der Waals surface area contributed by atoms with E-state index in [1.807, 2.05) is 31.2 Å². The fourth-order valence-corrected chi connectivity index (χ4v) is 2.91. The number of anilines is 2. The van der Waals surface area contributed by atoms with Crippen LogP contribution < -0.4 is 25.8 Å². The van der Waals surface area contributed by atoms with Gasteiger partial charge in [0.05, 0.1) is 5.69 Å². The molecule has 1 heterocycles. The van der Waals surface area contributed by atoms with Crippen LogP contribution in [0.25, 0.3) is 0 Å². The Morgan fingerprint density at radius 3 is 2.61 bits per heavy atom. The van der Waals surface area contributed by atoms with Crippen molar-refractivity contribution in [2.45, 2.75) is 32.6 Å². The number of unbranched alkanes of at least 4 members (excludes halogenated alkanes) is 2. The summed E-state index contributed by atoms with van der Waals surface area (Å²) in [6.45, 7) is 2.71. The summed E-state index contributed by atoms with van der Waals surface area (Å²) in [7, 11) is 0. The second kappa shape index (κ2) is 9.12. The summed E-state index contributed by atoms with van der Waals surface area (Å²) in [5, 5.41) is 5.70. The Balaban J connectivity index is 1.33. The Morgan fingerprint density at radius 1 is 1.04 bits per heavy atom. The number of nitrogens with two attached hydrogens (primary N) is 1. The van der Waals surface area contributed by atoms with Crippen molar-refractivity contribution in [3.63, 3.8) is 0 Å². The number of amides is 2. The van der Waals surface area contributed by atoms with Gasteiger partial charge in [0.25, 0.3) is 5.91 Å². The molecule has 3 rings (SSSR count). The highest BCUT2D eigenvalue weighted by Crippen LogP contribution is 2.41. The van der Waals surface area contributed by atoms with Gasteiger partial charge in [0.2, 0.25) is 12.7 Å². The smallest absolute Gasteiger partial charge is 0.251 e. The molecule has 0 unspecified atom stereocenters. The van der Waals surface area contributed by atoms with E-state index in [1.54, 1.807) is 12.1 Å². The van der Waals surface area contributed by atoms with Crippen molar-refractivity contribution in [1.29, 1.82) is 0 Å². The van der Waals surface area contributed by atoms with Gasteiger partial charge in [-0.05, 0) is 44.0 Å². The molecule has 7 nitrogen and oxygen atoms in total. The first-order chi connectivity index (χ1) is 13.5. The SMILES string of the molecule is Cc1ccc(C(=O)NCCCCCC(=O)Nc2ccc3c(c2N)OCO3)cc1. The number of aryl methyl sites for hydroxylation is 1. The van der Waals surface area contributed by atoms with Crippen molar-refractivity contribution < 1.29 is 19.1 Å². The number of benzene rings is 2. The second-order valence-corrected chi connectivity index (χ2v) is 6.74. The molecular formula is C21H25N3O4. The minimum Gasteiger partial charge on any atom is -0.454 e. The Labute approximate surface area is 164 Å². The molecule has 0 bridgehead atoms. The van der Waals surface area contributed by atoms with E-state index >= 15 is 0 Å². The zero-order valence-corrected chi connectivity index (χ0v) is 15.9. The number of nitrogens with one attached hydrogen (secondary N) is 2. The molecule has 0 radical (unpaired) electrons. The number of nitrogen functional groups attached to an aromatic ring is 1. The first kappa shape index (κ1) is 19.5. The molecule has 1 aliphatic heterocycles. The Kier molecular flexibility index (Phi) is 6.37. The highest BCUT2D eigenvalue weighted by molar-refractivity contribution is 5.95.